The van der Waals surface area contributed by atoms with Crippen LogP contribution in [0.5, 0.6) is 0 Å². The van der Waals surface area contributed by atoms with Crippen LogP contribution in [0.1, 0.15) is 23.6 Å². The van der Waals surface area contributed by atoms with E-state index in [1.54, 1.807) is 30.3 Å². The van der Waals surface area contributed by atoms with Gasteiger partial charge in [-0.2, -0.15) is 0 Å². The molecule has 0 saturated carbocycles. The van der Waals surface area contributed by atoms with E-state index in [2.05, 4.69) is 20.9 Å². The Bertz CT molecular complexity index is 1800. The molecule has 2 fully saturated rings. The smallest absolute Gasteiger partial charge is 0.250 e. The Kier molecular flexibility index (Phi) is 5.61. The van der Waals surface area contributed by atoms with Crippen LogP contribution in [-0.4, -0.2) is 34.7 Å². The van der Waals surface area contributed by atoms with Gasteiger partial charge in [-0.3, -0.25) is 24.5 Å². The summed E-state index contributed by atoms with van der Waals surface area (Å²) in [7, 11) is 0. The monoisotopic (exact) mass is 567 g/mol. The van der Waals surface area contributed by atoms with Gasteiger partial charge in [0.25, 0.3) is 0 Å². The molecule has 4 atom stereocenters. The molecule has 206 valence electrons. The third-order valence-corrected chi connectivity index (χ3v) is 8.78. The minimum atomic E-state index is -1.47. The Balaban J connectivity index is 1.35. The molecule has 3 aliphatic rings. The number of carbonyl (C=O) groups excluding carboxylic acids is 4. The first-order valence-electron chi connectivity index (χ1n) is 13.4. The molecular weight excluding hydrogens is 542 g/mol. The first kappa shape index (κ1) is 25.5. The number of rotatable bonds is 4. The number of para-hydroxylation sites is 1. The molecule has 4 amide bonds. The summed E-state index contributed by atoms with van der Waals surface area (Å²) in [6, 6.07) is 17.5. The molecule has 4 heterocycles. The second-order valence-electron chi connectivity index (χ2n) is 11.0. The SMILES string of the molecule is CC(=O)Nc1ccc(N2C(=O)[C@@H]3[C@H](Cc4c[nH]c5ccccc45)N[C@@]4(C(=O)Nc5c(Cl)cc(C)cc54)[C@H]3C2=O)cc1. The van der Waals surface area contributed by atoms with Crippen molar-refractivity contribution in [3.63, 3.8) is 0 Å². The summed E-state index contributed by atoms with van der Waals surface area (Å²) in [6.07, 6.45) is 2.33. The number of hydrogen-bond acceptors (Lipinski definition) is 5. The van der Waals surface area contributed by atoms with E-state index >= 15 is 0 Å². The standard InChI is InChI=1S/C31H26ClN5O4/c1-15-11-21-27(22(32)12-15)35-30(41)31(21)26-25(24(36-31)13-17-14-33-23-6-4-3-5-20(17)23)28(39)37(29(26)40)19-9-7-18(8-10-19)34-16(2)38/h3-12,14,24-26,33,36H,13H2,1-2H3,(H,34,38)(H,35,41)/t24-,25+,26+,31+/m0/s1. The molecule has 3 aromatic carbocycles. The predicted molar refractivity (Wildman–Crippen MR) is 156 cm³/mol. The maximum absolute atomic E-state index is 14.3. The molecule has 10 heteroatoms. The number of imide groups is 1. The minimum Gasteiger partial charge on any atom is -0.361 e. The number of hydrogen-bond donors (Lipinski definition) is 4. The van der Waals surface area contributed by atoms with Gasteiger partial charge in [0.1, 0.15) is 5.54 Å². The largest absolute Gasteiger partial charge is 0.361 e. The van der Waals surface area contributed by atoms with Crippen molar-refractivity contribution in [2.75, 3.05) is 15.5 Å². The van der Waals surface area contributed by atoms with Crippen molar-refractivity contribution in [3.05, 3.63) is 88.6 Å². The van der Waals surface area contributed by atoms with Crippen molar-refractivity contribution in [1.82, 2.24) is 10.3 Å². The van der Waals surface area contributed by atoms with Gasteiger partial charge in [0.15, 0.2) is 0 Å². The number of nitrogens with one attached hydrogen (secondary N) is 4. The summed E-state index contributed by atoms with van der Waals surface area (Å²) in [5, 5.41) is 10.5. The Morgan fingerprint density at radius 3 is 2.56 bits per heavy atom. The number of aryl methyl sites for hydroxylation is 1. The van der Waals surface area contributed by atoms with Crippen LogP contribution in [0, 0.1) is 18.8 Å². The van der Waals surface area contributed by atoms with Gasteiger partial charge in [0.2, 0.25) is 23.6 Å². The Labute approximate surface area is 240 Å². The van der Waals surface area contributed by atoms with Gasteiger partial charge in [-0.15, -0.1) is 0 Å². The van der Waals surface area contributed by atoms with E-state index < -0.39 is 35.2 Å². The molecule has 4 N–H and O–H groups in total. The van der Waals surface area contributed by atoms with Crippen LogP contribution >= 0.6 is 11.6 Å². The first-order chi connectivity index (χ1) is 19.7. The van der Waals surface area contributed by atoms with Gasteiger partial charge >= 0.3 is 0 Å². The van der Waals surface area contributed by atoms with Crippen LogP contribution in [0.2, 0.25) is 5.02 Å². The number of aromatic amines is 1. The molecular formula is C31H26ClN5O4. The van der Waals surface area contributed by atoms with Gasteiger partial charge in [-0.1, -0.05) is 35.9 Å². The number of nitrogens with zero attached hydrogens (tertiary/aromatic N) is 1. The molecule has 0 unspecified atom stereocenters. The maximum atomic E-state index is 14.3. The van der Waals surface area contributed by atoms with E-state index in [1.165, 1.54) is 11.8 Å². The van der Waals surface area contributed by atoms with Gasteiger partial charge in [-0.05, 0) is 60.9 Å². The van der Waals surface area contributed by atoms with Gasteiger partial charge in [-0.25, -0.2) is 4.90 Å². The summed E-state index contributed by atoms with van der Waals surface area (Å²) in [5.41, 5.74) is 3.28. The fraction of sp³-hybridized carbons (Fsp3) is 0.226. The maximum Gasteiger partial charge on any atom is 0.250 e. The molecule has 3 aliphatic heterocycles. The van der Waals surface area contributed by atoms with Crippen molar-refractivity contribution in [2.45, 2.75) is 31.8 Å². The number of halogens is 1. The Hall–Kier alpha value is -4.47. The number of amides is 4. The van der Waals surface area contributed by atoms with Crippen molar-refractivity contribution in [1.29, 1.82) is 0 Å². The lowest BCUT2D eigenvalue weighted by molar-refractivity contribution is -0.130. The first-order valence-corrected chi connectivity index (χ1v) is 13.8. The topological polar surface area (TPSA) is 123 Å². The van der Waals surface area contributed by atoms with E-state index in [4.69, 9.17) is 11.6 Å². The molecule has 0 radical (unpaired) electrons. The average molecular weight is 568 g/mol. The molecule has 2 saturated heterocycles. The zero-order chi connectivity index (χ0) is 28.6. The molecule has 4 aromatic rings. The lowest BCUT2D eigenvalue weighted by atomic mass is 9.76. The zero-order valence-corrected chi connectivity index (χ0v) is 23.0. The highest BCUT2D eigenvalue weighted by Crippen LogP contribution is 2.55. The number of benzene rings is 3. The number of H-pyrrole nitrogens is 1. The third-order valence-electron chi connectivity index (χ3n) is 8.48. The fourth-order valence-corrected chi connectivity index (χ4v) is 7.18. The van der Waals surface area contributed by atoms with Crippen LogP contribution in [0.4, 0.5) is 17.1 Å². The van der Waals surface area contributed by atoms with Crippen molar-refractivity contribution < 1.29 is 19.2 Å². The van der Waals surface area contributed by atoms with Crippen molar-refractivity contribution in [2.24, 2.45) is 11.8 Å². The van der Waals surface area contributed by atoms with Crippen LogP contribution < -0.4 is 20.9 Å². The Morgan fingerprint density at radius 2 is 1.80 bits per heavy atom. The summed E-state index contributed by atoms with van der Waals surface area (Å²) >= 11 is 6.56. The van der Waals surface area contributed by atoms with Gasteiger partial charge < -0.3 is 15.6 Å². The number of aromatic nitrogens is 1. The average Bonchev–Trinajstić information content (AvgIpc) is 3.64. The zero-order valence-electron chi connectivity index (χ0n) is 22.2. The number of anilines is 3. The summed E-state index contributed by atoms with van der Waals surface area (Å²) in [4.78, 5) is 58.3. The molecule has 1 spiro atoms. The Morgan fingerprint density at radius 1 is 1.05 bits per heavy atom. The predicted octanol–water partition coefficient (Wildman–Crippen LogP) is 4.26. The third kappa shape index (κ3) is 3.66. The van der Waals surface area contributed by atoms with E-state index in [0.717, 1.165) is 22.0 Å². The van der Waals surface area contributed by atoms with Crippen LogP contribution in [0.25, 0.3) is 10.9 Å². The molecule has 9 nitrogen and oxygen atoms in total. The van der Waals surface area contributed by atoms with E-state index in [0.29, 0.717) is 34.1 Å². The quantitative estimate of drug-likeness (QED) is 0.274. The van der Waals surface area contributed by atoms with E-state index in [-0.39, 0.29) is 11.8 Å². The summed E-state index contributed by atoms with van der Waals surface area (Å²) < 4.78 is 0. The normalized spacial score (nSPS) is 24.7. The highest BCUT2D eigenvalue weighted by atomic mass is 35.5. The highest BCUT2D eigenvalue weighted by Gasteiger charge is 2.70. The van der Waals surface area contributed by atoms with Crippen molar-refractivity contribution in [3.8, 4) is 0 Å². The fourth-order valence-electron chi connectivity index (χ4n) is 6.86. The van der Waals surface area contributed by atoms with Crippen molar-refractivity contribution >= 4 is 63.2 Å². The summed E-state index contributed by atoms with van der Waals surface area (Å²) in [6.45, 7) is 3.28. The molecule has 41 heavy (non-hydrogen) atoms. The molecule has 0 aliphatic carbocycles. The van der Waals surface area contributed by atoms with Crippen LogP contribution in [0.3, 0.4) is 0 Å². The van der Waals surface area contributed by atoms with E-state index in [9.17, 15) is 19.2 Å². The van der Waals surface area contributed by atoms with E-state index in [1.807, 2.05) is 43.5 Å². The lowest BCUT2D eigenvalue weighted by Crippen LogP contribution is -2.53. The lowest BCUT2D eigenvalue weighted by Gasteiger charge is -2.30. The van der Waals surface area contributed by atoms with Crippen LogP contribution in [-0.2, 0) is 31.1 Å². The van der Waals surface area contributed by atoms with Crippen LogP contribution in [0.15, 0.2) is 66.9 Å². The number of carbonyl (C=O) groups is 4. The minimum absolute atomic E-state index is 0.228. The highest BCUT2D eigenvalue weighted by molar-refractivity contribution is 6.35. The van der Waals surface area contributed by atoms with Gasteiger partial charge in [0.05, 0.1) is 28.2 Å². The second kappa shape index (κ2) is 9.02. The second-order valence-corrected chi connectivity index (χ2v) is 11.4. The van der Waals surface area contributed by atoms with Gasteiger partial charge in [0, 0.05) is 41.3 Å². The molecule has 1 aromatic heterocycles. The molecule has 7 rings (SSSR count). The summed E-state index contributed by atoms with van der Waals surface area (Å²) in [5.74, 6) is -3.25. The molecule has 0 bridgehead atoms. The number of fused-ring (bicyclic) bond motifs is 5.